The van der Waals surface area contributed by atoms with Crippen molar-refractivity contribution in [3.05, 3.63) is 65.7 Å². The smallest absolute Gasteiger partial charge is 0.497 e. The van der Waals surface area contributed by atoms with Crippen molar-refractivity contribution in [2.45, 2.75) is 19.9 Å². The highest BCUT2D eigenvalue weighted by atomic mass is 35.5. The molecule has 1 unspecified atom stereocenters. The Hall–Kier alpha value is -3.49. The number of nitrogens with one attached hydrogen (secondary N) is 1. The van der Waals surface area contributed by atoms with E-state index in [9.17, 15) is 9.59 Å². The van der Waals surface area contributed by atoms with Crippen molar-refractivity contribution in [3.63, 3.8) is 0 Å². The molecule has 0 spiro atoms. The Kier molecular flexibility index (Phi) is 13.0. The summed E-state index contributed by atoms with van der Waals surface area (Å²) in [6, 6.07) is 12.0. The van der Waals surface area contributed by atoms with E-state index in [1.54, 1.807) is 26.4 Å². The molecule has 3 N–H and O–H groups in total. The summed E-state index contributed by atoms with van der Waals surface area (Å²) in [6.07, 6.45) is 6.81. The number of hydrogen-bond acceptors (Lipinski definition) is 7. The number of amides is 1. The Morgan fingerprint density at radius 2 is 1.49 bits per heavy atom. The molecule has 2 rings (SSSR count). The lowest BCUT2D eigenvalue weighted by atomic mass is 10.1. The zero-order valence-corrected chi connectivity index (χ0v) is 21.2. The Morgan fingerprint density at radius 1 is 0.914 bits per heavy atom. The SMILES string of the molecule is COc1cc(/C=C/C=C/c2ccc(OC(=O)OCCNC(=O)C(N)C(C)C)cc2)cc(OC)c1.Cl. The fourth-order valence-electron chi connectivity index (χ4n) is 2.76. The third kappa shape index (κ3) is 10.5. The number of nitrogens with two attached hydrogens (primary N) is 1. The van der Waals surface area contributed by atoms with Crippen molar-refractivity contribution in [3.8, 4) is 17.2 Å². The molecule has 0 saturated carbocycles. The van der Waals surface area contributed by atoms with Crippen molar-refractivity contribution in [2.24, 2.45) is 11.7 Å². The van der Waals surface area contributed by atoms with Crippen LogP contribution in [0.5, 0.6) is 17.2 Å². The van der Waals surface area contributed by atoms with Gasteiger partial charge in [-0.15, -0.1) is 12.4 Å². The topological polar surface area (TPSA) is 109 Å². The van der Waals surface area contributed by atoms with Crippen LogP contribution in [0.3, 0.4) is 0 Å². The second kappa shape index (κ2) is 15.4. The number of ether oxygens (including phenoxy) is 4. The molecule has 0 aliphatic rings. The lowest BCUT2D eigenvalue weighted by Crippen LogP contribution is -2.45. The van der Waals surface area contributed by atoms with Gasteiger partial charge in [-0.1, -0.05) is 50.3 Å². The van der Waals surface area contributed by atoms with Crippen LogP contribution in [0.4, 0.5) is 4.79 Å². The number of methoxy groups -OCH3 is 2. The molecule has 0 aliphatic carbocycles. The van der Waals surface area contributed by atoms with E-state index in [1.165, 1.54) is 0 Å². The molecule has 0 aromatic heterocycles. The molecule has 35 heavy (non-hydrogen) atoms. The first-order valence-electron chi connectivity index (χ1n) is 10.9. The molecule has 0 radical (unpaired) electrons. The van der Waals surface area contributed by atoms with Crippen LogP contribution in [0, 0.1) is 5.92 Å². The van der Waals surface area contributed by atoms with Crippen LogP contribution in [0.25, 0.3) is 12.2 Å². The first-order valence-corrected chi connectivity index (χ1v) is 10.9. The molecule has 8 nitrogen and oxygen atoms in total. The van der Waals surface area contributed by atoms with Crippen LogP contribution < -0.4 is 25.3 Å². The summed E-state index contributed by atoms with van der Waals surface area (Å²) >= 11 is 0. The van der Waals surface area contributed by atoms with Gasteiger partial charge in [0.05, 0.1) is 26.8 Å². The molecule has 9 heteroatoms. The summed E-state index contributed by atoms with van der Waals surface area (Å²) in [4.78, 5) is 23.5. The second-order valence-electron chi connectivity index (χ2n) is 7.69. The number of rotatable bonds is 11. The fourth-order valence-corrected chi connectivity index (χ4v) is 2.76. The molecule has 0 heterocycles. The van der Waals surface area contributed by atoms with Gasteiger partial charge in [-0.05, 0) is 41.3 Å². The third-order valence-electron chi connectivity index (χ3n) is 4.79. The van der Waals surface area contributed by atoms with Crippen LogP contribution >= 0.6 is 12.4 Å². The summed E-state index contributed by atoms with van der Waals surface area (Å²) in [5.74, 6) is 1.53. The van der Waals surface area contributed by atoms with E-state index in [4.69, 9.17) is 24.7 Å². The first-order chi connectivity index (χ1) is 16.3. The number of allylic oxidation sites excluding steroid dienone is 2. The number of hydrogen-bond donors (Lipinski definition) is 2. The normalized spacial score (nSPS) is 11.7. The standard InChI is InChI=1S/C26H32N2O6.ClH/c1-18(2)24(27)25(29)28-13-14-33-26(30)34-21-11-9-19(10-12-21)7-5-6-8-20-15-22(31-3)17-23(16-20)32-4;/h5-12,15-18,24H,13-14,27H2,1-4H3,(H,28,29);1H/b7-5+,8-6+;. The Morgan fingerprint density at radius 3 is 2.03 bits per heavy atom. The molecular formula is C26H33ClN2O6. The minimum atomic E-state index is -0.845. The maximum Gasteiger partial charge on any atom is 0.513 e. The molecule has 2 aromatic carbocycles. The largest absolute Gasteiger partial charge is 0.513 e. The van der Waals surface area contributed by atoms with Gasteiger partial charge >= 0.3 is 6.16 Å². The van der Waals surface area contributed by atoms with Gasteiger partial charge in [-0.3, -0.25) is 4.79 Å². The van der Waals surface area contributed by atoms with Crippen LogP contribution in [-0.2, 0) is 9.53 Å². The van der Waals surface area contributed by atoms with E-state index in [1.807, 2.05) is 68.5 Å². The minimum absolute atomic E-state index is 0. The minimum Gasteiger partial charge on any atom is -0.497 e. The quantitative estimate of drug-likeness (QED) is 0.201. The van der Waals surface area contributed by atoms with Crippen molar-refractivity contribution >= 4 is 36.6 Å². The van der Waals surface area contributed by atoms with E-state index in [0.717, 1.165) is 22.6 Å². The zero-order chi connectivity index (χ0) is 24.9. The van der Waals surface area contributed by atoms with Gasteiger partial charge in [0.15, 0.2) is 0 Å². The summed E-state index contributed by atoms with van der Waals surface area (Å²) in [6.45, 7) is 3.86. The molecular weight excluding hydrogens is 472 g/mol. The predicted octanol–water partition coefficient (Wildman–Crippen LogP) is 4.47. The lowest BCUT2D eigenvalue weighted by Gasteiger charge is -2.15. The number of carbonyl (C=O) groups excluding carboxylic acids is 2. The molecule has 0 aliphatic heterocycles. The first kappa shape index (κ1) is 29.5. The highest BCUT2D eigenvalue weighted by Gasteiger charge is 2.16. The van der Waals surface area contributed by atoms with Crippen LogP contribution in [0.15, 0.2) is 54.6 Å². The summed E-state index contributed by atoms with van der Waals surface area (Å²) in [5.41, 5.74) is 7.62. The second-order valence-corrected chi connectivity index (χ2v) is 7.69. The zero-order valence-electron chi connectivity index (χ0n) is 20.4. The van der Waals surface area contributed by atoms with Crippen molar-refractivity contribution in [1.82, 2.24) is 5.32 Å². The summed E-state index contributed by atoms with van der Waals surface area (Å²) < 4.78 is 20.6. The van der Waals surface area contributed by atoms with E-state index in [-0.39, 0.29) is 37.4 Å². The van der Waals surface area contributed by atoms with Crippen molar-refractivity contribution in [2.75, 3.05) is 27.4 Å². The predicted molar refractivity (Wildman–Crippen MR) is 139 cm³/mol. The van der Waals surface area contributed by atoms with Gasteiger partial charge in [0.2, 0.25) is 5.91 Å². The monoisotopic (exact) mass is 504 g/mol. The maximum atomic E-state index is 11.8. The lowest BCUT2D eigenvalue weighted by molar-refractivity contribution is -0.123. The molecule has 1 amide bonds. The van der Waals surface area contributed by atoms with Gasteiger partial charge < -0.3 is 30.0 Å². The molecule has 2 aromatic rings. The average Bonchev–Trinajstić information content (AvgIpc) is 2.84. The van der Waals surface area contributed by atoms with Crippen LogP contribution in [0.2, 0.25) is 0 Å². The van der Waals surface area contributed by atoms with Crippen molar-refractivity contribution < 1.29 is 28.5 Å². The summed E-state index contributed by atoms with van der Waals surface area (Å²) in [5, 5.41) is 2.61. The van der Waals surface area contributed by atoms with Gasteiger partial charge in [0.25, 0.3) is 0 Å². The highest BCUT2D eigenvalue weighted by molar-refractivity contribution is 5.85. The van der Waals surface area contributed by atoms with Gasteiger partial charge in [-0.25, -0.2) is 4.79 Å². The molecule has 0 saturated heterocycles. The Balaban J connectivity index is 0.00000612. The van der Waals surface area contributed by atoms with Gasteiger partial charge in [0, 0.05) is 6.07 Å². The van der Waals surface area contributed by atoms with Gasteiger partial charge in [-0.2, -0.15) is 0 Å². The van der Waals surface area contributed by atoms with E-state index < -0.39 is 12.2 Å². The van der Waals surface area contributed by atoms with E-state index in [0.29, 0.717) is 5.75 Å². The fraction of sp³-hybridized carbons (Fsp3) is 0.308. The molecule has 1 atom stereocenters. The molecule has 0 bridgehead atoms. The Labute approximate surface area is 212 Å². The molecule has 190 valence electrons. The average molecular weight is 505 g/mol. The van der Waals surface area contributed by atoms with Crippen molar-refractivity contribution in [1.29, 1.82) is 0 Å². The highest BCUT2D eigenvalue weighted by Crippen LogP contribution is 2.23. The van der Waals surface area contributed by atoms with Crippen LogP contribution in [-0.4, -0.2) is 45.5 Å². The van der Waals surface area contributed by atoms with Crippen LogP contribution in [0.1, 0.15) is 25.0 Å². The van der Waals surface area contributed by atoms with E-state index >= 15 is 0 Å². The number of halogens is 1. The Bertz CT molecular complexity index is 983. The number of benzene rings is 2. The molecule has 0 fully saturated rings. The number of carbonyl (C=O) groups is 2. The van der Waals surface area contributed by atoms with Gasteiger partial charge in [0.1, 0.15) is 23.9 Å². The summed E-state index contributed by atoms with van der Waals surface area (Å²) in [7, 11) is 3.22. The third-order valence-corrected chi connectivity index (χ3v) is 4.79. The maximum absolute atomic E-state index is 11.8. The van der Waals surface area contributed by atoms with E-state index in [2.05, 4.69) is 5.32 Å².